The predicted molar refractivity (Wildman–Crippen MR) is 109 cm³/mol. The van der Waals surface area contributed by atoms with Gasteiger partial charge >= 0.3 is 0 Å². The van der Waals surface area contributed by atoms with Crippen LogP contribution in [0.2, 0.25) is 0 Å². The molecule has 2 aromatic rings. The van der Waals surface area contributed by atoms with Crippen LogP contribution < -0.4 is 14.8 Å². The van der Waals surface area contributed by atoms with E-state index < -0.39 is 0 Å². The summed E-state index contributed by atoms with van der Waals surface area (Å²) in [6.07, 6.45) is 4.16. The molecule has 0 aromatic heterocycles. The monoisotopic (exact) mass is 380 g/mol. The van der Waals surface area contributed by atoms with Gasteiger partial charge in [-0.3, -0.25) is 9.69 Å². The van der Waals surface area contributed by atoms with Gasteiger partial charge in [-0.15, -0.1) is 0 Å². The zero-order valence-corrected chi connectivity index (χ0v) is 16.7. The smallest absolute Gasteiger partial charge is 0.234 e. The van der Waals surface area contributed by atoms with Crippen molar-refractivity contribution in [3.63, 3.8) is 0 Å². The van der Waals surface area contributed by atoms with Crippen LogP contribution in [0.5, 0.6) is 11.5 Å². The van der Waals surface area contributed by atoms with Crippen LogP contribution in [0, 0.1) is 0 Å². The lowest BCUT2D eigenvalue weighted by molar-refractivity contribution is -0.123. The second-order valence-corrected chi connectivity index (χ2v) is 7.65. The van der Waals surface area contributed by atoms with Crippen LogP contribution in [0.25, 0.3) is 0 Å². The van der Waals surface area contributed by atoms with Crippen LogP contribution >= 0.6 is 0 Å². The fraction of sp³-hybridized carbons (Fsp3) is 0.435. The first-order chi connectivity index (χ1) is 13.7. The lowest BCUT2D eigenvalue weighted by Gasteiger charge is -2.31. The van der Waals surface area contributed by atoms with E-state index in [0.717, 1.165) is 50.3 Å². The van der Waals surface area contributed by atoms with Gasteiger partial charge in [-0.2, -0.15) is 0 Å². The van der Waals surface area contributed by atoms with Crippen molar-refractivity contribution in [2.75, 3.05) is 27.3 Å². The van der Waals surface area contributed by atoms with E-state index in [1.807, 2.05) is 6.07 Å². The number of aryl methyl sites for hydroxylation is 1. The van der Waals surface area contributed by atoms with E-state index in [9.17, 15) is 4.79 Å². The van der Waals surface area contributed by atoms with Crippen molar-refractivity contribution in [2.24, 2.45) is 0 Å². The molecule has 1 aliphatic carbocycles. The molecule has 148 valence electrons. The van der Waals surface area contributed by atoms with E-state index in [4.69, 9.17) is 9.47 Å². The standard InChI is InChI=1S/C23H28N2O3/c1-27-21-12-17-10-11-25(14-18(17)13-22(21)28-2)15-23(26)24-20-9-5-7-16-6-3-4-8-19(16)20/h3-4,6,8,12-13,20H,5,7,9-11,14-15H2,1-2H3,(H,24,26)/t20-/m0/s1. The zero-order chi connectivity index (χ0) is 19.5. The number of hydrogen-bond donors (Lipinski definition) is 1. The molecule has 0 radical (unpaired) electrons. The average Bonchev–Trinajstić information content (AvgIpc) is 2.73. The maximum atomic E-state index is 12.7. The molecule has 0 saturated heterocycles. The molecule has 0 unspecified atom stereocenters. The number of ether oxygens (including phenoxy) is 2. The molecular weight excluding hydrogens is 352 g/mol. The molecule has 1 N–H and O–H groups in total. The maximum Gasteiger partial charge on any atom is 0.234 e. The molecule has 0 fully saturated rings. The summed E-state index contributed by atoms with van der Waals surface area (Å²) in [5, 5.41) is 3.26. The van der Waals surface area contributed by atoms with E-state index in [2.05, 4.69) is 40.5 Å². The number of fused-ring (bicyclic) bond motifs is 2. The number of benzene rings is 2. The number of nitrogens with one attached hydrogen (secondary N) is 1. The van der Waals surface area contributed by atoms with Gasteiger partial charge < -0.3 is 14.8 Å². The summed E-state index contributed by atoms with van der Waals surface area (Å²) in [6, 6.07) is 12.7. The molecule has 4 rings (SSSR count). The third kappa shape index (κ3) is 3.85. The van der Waals surface area contributed by atoms with Crippen LogP contribution in [0.3, 0.4) is 0 Å². The number of hydrogen-bond acceptors (Lipinski definition) is 4. The lowest BCUT2D eigenvalue weighted by Crippen LogP contribution is -2.41. The highest BCUT2D eigenvalue weighted by Gasteiger charge is 2.24. The Morgan fingerprint density at radius 2 is 1.82 bits per heavy atom. The van der Waals surface area contributed by atoms with Crippen molar-refractivity contribution < 1.29 is 14.3 Å². The van der Waals surface area contributed by atoms with Crippen molar-refractivity contribution in [1.29, 1.82) is 0 Å². The molecule has 28 heavy (non-hydrogen) atoms. The Labute approximate surface area is 166 Å². The van der Waals surface area contributed by atoms with Crippen molar-refractivity contribution in [3.05, 3.63) is 58.7 Å². The maximum absolute atomic E-state index is 12.7. The van der Waals surface area contributed by atoms with Crippen LogP contribution in [0.1, 0.15) is 41.1 Å². The van der Waals surface area contributed by atoms with Gasteiger partial charge in [0.05, 0.1) is 26.8 Å². The minimum Gasteiger partial charge on any atom is -0.493 e. The Bertz CT molecular complexity index is 865. The quantitative estimate of drug-likeness (QED) is 0.865. The van der Waals surface area contributed by atoms with Gasteiger partial charge in [-0.25, -0.2) is 0 Å². The molecule has 2 aromatic carbocycles. The van der Waals surface area contributed by atoms with E-state index in [-0.39, 0.29) is 11.9 Å². The van der Waals surface area contributed by atoms with Gasteiger partial charge in [-0.05, 0) is 60.1 Å². The summed E-state index contributed by atoms with van der Waals surface area (Å²) >= 11 is 0. The van der Waals surface area contributed by atoms with Gasteiger partial charge in [0.15, 0.2) is 11.5 Å². The van der Waals surface area contributed by atoms with Gasteiger partial charge in [0.25, 0.3) is 0 Å². The third-order valence-corrected chi connectivity index (χ3v) is 5.87. The number of nitrogens with zero attached hydrogens (tertiary/aromatic N) is 1. The van der Waals surface area contributed by atoms with Crippen molar-refractivity contribution >= 4 is 5.91 Å². The van der Waals surface area contributed by atoms with Crippen LogP contribution in [0.4, 0.5) is 0 Å². The molecule has 5 heteroatoms. The highest BCUT2D eigenvalue weighted by atomic mass is 16.5. The molecule has 1 aliphatic heterocycles. The first-order valence-corrected chi connectivity index (χ1v) is 10.0. The van der Waals surface area contributed by atoms with Gasteiger partial charge in [0.1, 0.15) is 0 Å². The van der Waals surface area contributed by atoms with Gasteiger partial charge in [0, 0.05) is 13.1 Å². The summed E-state index contributed by atoms with van der Waals surface area (Å²) in [4.78, 5) is 14.9. The minimum atomic E-state index is 0.102. The summed E-state index contributed by atoms with van der Waals surface area (Å²) in [7, 11) is 3.31. The van der Waals surface area contributed by atoms with Crippen LogP contribution in [0.15, 0.2) is 36.4 Å². The van der Waals surface area contributed by atoms with Crippen LogP contribution in [-0.2, 0) is 24.2 Å². The minimum absolute atomic E-state index is 0.102. The molecule has 1 amide bonds. The first kappa shape index (κ1) is 18.8. The summed E-state index contributed by atoms with van der Waals surface area (Å²) < 4.78 is 10.8. The van der Waals surface area contributed by atoms with Crippen molar-refractivity contribution in [3.8, 4) is 11.5 Å². The Kier molecular flexibility index (Phi) is 5.53. The Hall–Kier alpha value is -2.53. The second-order valence-electron chi connectivity index (χ2n) is 7.65. The molecule has 0 saturated carbocycles. The van der Waals surface area contributed by atoms with Crippen molar-refractivity contribution in [1.82, 2.24) is 10.2 Å². The Morgan fingerprint density at radius 1 is 1.07 bits per heavy atom. The van der Waals surface area contributed by atoms with Gasteiger partial charge in [0.2, 0.25) is 5.91 Å². The summed E-state index contributed by atoms with van der Waals surface area (Å²) in [5.74, 6) is 1.61. The lowest BCUT2D eigenvalue weighted by atomic mass is 9.88. The number of rotatable bonds is 5. The Balaban J connectivity index is 1.40. The molecule has 1 heterocycles. The molecule has 0 spiro atoms. The SMILES string of the molecule is COc1cc2c(cc1OC)CN(CC(=O)N[C@H]1CCCc3ccccc31)CC2. The molecule has 0 bridgehead atoms. The van der Waals surface area contributed by atoms with Crippen molar-refractivity contribution in [2.45, 2.75) is 38.3 Å². The molecule has 2 aliphatic rings. The first-order valence-electron chi connectivity index (χ1n) is 10.0. The highest BCUT2D eigenvalue weighted by Crippen LogP contribution is 2.33. The second kappa shape index (κ2) is 8.23. The van der Waals surface area contributed by atoms with E-state index >= 15 is 0 Å². The predicted octanol–water partition coefficient (Wildman–Crippen LogP) is 3.26. The summed E-state index contributed by atoms with van der Waals surface area (Å²) in [6.45, 7) is 2.05. The largest absolute Gasteiger partial charge is 0.493 e. The molecular formula is C23H28N2O3. The number of amides is 1. The van der Waals surface area contributed by atoms with E-state index in [1.165, 1.54) is 22.3 Å². The van der Waals surface area contributed by atoms with Crippen LogP contribution in [-0.4, -0.2) is 38.1 Å². The number of carbonyl (C=O) groups is 1. The van der Waals surface area contributed by atoms with E-state index in [1.54, 1.807) is 14.2 Å². The van der Waals surface area contributed by atoms with E-state index in [0.29, 0.717) is 6.54 Å². The topological polar surface area (TPSA) is 50.8 Å². The molecule has 1 atom stereocenters. The zero-order valence-electron chi connectivity index (χ0n) is 16.7. The molecule has 5 nitrogen and oxygen atoms in total. The number of methoxy groups -OCH3 is 2. The fourth-order valence-corrected chi connectivity index (χ4v) is 4.42. The normalized spacial score (nSPS) is 18.7. The average molecular weight is 380 g/mol. The fourth-order valence-electron chi connectivity index (χ4n) is 4.42. The third-order valence-electron chi connectivity index (χ3n) is 5.87. The number of carbonyl (C=O) groups excluding carboxylic acids is 1. The summed E-state index contributed by atoms with van der Waals surface area (Å²) in [5.41, 5.74) is 5.13. The Morgan fingerprint density at radius 3 is 2.61 bits per heavy atom. The van der Waals surface area contributed by atoms with Gasteiger partial charge in [-0.1, -0.05) is 24.3 Å². The highest BCUT2D eigenvalue weighted by molar-refractivity contribution is 5.78.